The van der Waals surface area contributed by atoms with Crippen LogP contribution >= 0.6 is 0 Å². The van der Waals surface area contributed by atoms with Crippen molar-refractivity contribution in [1.29, 1.82) is 0 Å². The van der Waals surface area contributed by atoms with Gasteiger partial charge in [-0.1, -0.05) is 6.42 Å². The molecule has 1 N–H and O–H groups in total. The maximum absolute atomic E-state index is 12.0. The number of sulfonamides is 1. The molecule has 0 aromatic heterocycles. The van der Waals surface area contributed by atoms with E-state index in [1.165, 1.54) is 19.3 Å². The molecule has 0 saturated carbocycles. The first-order valence-electron chi connectivity index (χ1n) is 7.39. The summed E-state index contributed by atoms with van der Waals surface area (Å²) in [6.45, 7) is 5.64. The van der Waals surface area contributed by atoms with E-state index in [0.29, 0.717) is 6.61 Å². The number of hydrogen-bond donors (Lipinski definition) is 1. The number of piperidine rings is 1. The van der Waals surface area contributed by atoms with Gasteiger partial charge in [-0.2, -0.15) is 0 Å². The van der Waals surface area contributed by atoms with Crippen molar-refractivity contribution in [3.8, 4) is 0 Å². The number of ether oxygens (including phenoxy) is 1. The summed E-state index contributed by atoms with van der Waals surface area (Å²) in [5.74, 6) is 0.108. The van der Waals surface area contributed by atoms with E-state index in [4.69, 9.17) is 4.74 Å². The molecule has 0 aliphatic carbocycles. The van der Waals surface area contributed by atoms with Crippen molar-refractivity contribution in [2.45, 2.75) is 51.2 Å². The van der Waals surface area contributed by atoms with Gasteiger partial charge in [0.25, 0.3) is 0 Å². The third kappa shape index (κ3) is 5.38. The monoisotopic (exact) mass is 290 g/mol. The normalized spacial score (nSPS) is 27.5. The molecule has 2 rings (SSSR count). The van der Waals surface area contributed by atoms with Crippen LogP contribution in [-0.2, 0) is 14.8 Å². The summed E-state index contributed by atoms with van der Waals surface area (Å²) in [5.41, 5.74) is 0. The van der Waals surface area contributed by atoms with Gasteiger partial charge in [0.1, 0.15) is 0 Å². The standard InChI is InChI=1S/C13H26N2O3S/c1-12(10-15-7-3-2-4-8-15)14-19(16,17)11-13-6-5-9-18-13/h12-14H,2-11H2,1H3/t12-,13+/m0/s1. The van der Waals surface area contributed by atoms with E-state index in [1.54, 1.807) is 0 Å². The maximum Gasteiger partial charge on any atom is 0.214 e. The summed E-state index contributed by atoms with van der Waals surface area (Å²) < 4.78 is 32.2. The molecule has 2 aliphatic rings. The van der Waals surface area contributed by atoms with Crippen LogP contribution in [0.5, 0.6) is 0 Å². The fourth-order valence-electron chi connectivity index (χ4n) is 2.94. The first-order chi connectivity index (χ1) is 9.05. The molecule has 0 spiro atoms. The Kier molecular flexibility index (Phi) is 5.62. The Balaban J connectivity index is 1.74. The summed E-state index contributed by atoms with van der Waals surface area (Å²) in [7, 11) is -3.22. The van der Waals surface area contributed by atoms with E-state index in [0.717, 1.165) is 32.5 Å². The molecule has 2 aliphatic heterocycles. The van der Waals surface area contributed by atoms with E-state index in [-0.39, 0.29) is 17.9 Å². The number of nitrogens with one attached hydrogen (secondary N) is 1. The zero-order chi connectivity index (χ0) is 13.7. The van der Waals surface area contributed by atoms with E-state index in [2.05, 4.69) is 9.62 Å². The van der Waals surface area contributed by atoms with Crippen molar-refractivity contribution < 1.29 is 13.2 Å². The Bertz CT molecular complexity index is 360. The Morgan fingerprint density at radius 3 is 2.63 bits per heavy atom. The van der Waals surface area contributed by atoms with Crippen LogP contribution in [0.2, 0.25) is 0 Å². The molecule has 2 atom stereocenters. The third-order valence-electron chi connectivity index (χ3n) is 3.79. The minimum atomic E-state index is -3.22. The van der Waals surface area contributed by atoms with Crippen LogP contribution in [0.25, 0.3) is 0 Å². The van der Waals surface area contributed by atoms with E-state index in [1.807, 2.05) is 6.92 Å². The molecular formula is C13H26N2O3S. The second-order valence-electron chi connectivity index (χ2n) is 5.80. The van der Waals surface area contributed by atoms with E-state index >= 15 is 0 Å². The average Bonchev–Trinajstić information content (AvgIpc) is 2.81. The Labute approximate surface area is 116 Å². The number of nitrogens with zero attached hydrogens (tertiary/aromatic N) is 1. The van der Waals surface area contributed by atoms with Crippen LogP contribution in [0.4, 0.5) is 0 Å². The van der Waals surface area contributed by atoms with Crippen LogP contribution in [0.1, 0.15) is 39.0 Å². The van der Waals surface area contributed by atoms with Gasteiger partial charge in [0, 0.05) is 19.2 Å². The average molecular weight is 290 g/mol. The first kappa shape index (κ1) is 15.2. The molecular weight excluding hydrogens is 264 g/mol. The summed E-state index contributed by atoms with van der Waals surface area (Å²) in [4.78, 5) is 2.35. The maximum atomic E-state index is 12.0. The van der Waals surface area contributed by atoms with Crippen LogP contribution in [0.3, 0.4) is 0 Å². The zero-order valence-corrected chi connectivity index (χ0v) is 12.6. The molecule has 19 heavy (non-hydrogen) atoms. The van der Waals surface area contributed by atoms with Crippen molar-refractivity contribution in [1.82, 2.24) is 9.62 Å². The van der Waals surface area contributed by atoms with Gasteiger partial charge in [-0.25, -0.2) is 13.1 Å². The highest BCUT2D eigenvalue weighted by Gasteiger charge is 2.25. The van der Waals surface area contributed by atoms with Crippen molar-refractivity contribution >= 4 is 10.0 Å². The molecule has 6 heteroatoms. The smallest absolute Gasteiger partial charge is 0.214 e. The lowest BCUT2D eigenvalue weighted by molar-refractivity contribution is 0.127. The Morgan fingerprint density at radius 1 is 1.26 bits per heavy atom. The van der Waals surface area contributed by atoms with Crippen molar-refractivity contribution in [2.75, 3.05) is 32.0 Å². The highest BCUT2D eigenvalue weighted by Crippen LogP contribution is 2.14. The summed E-state index contributed by atoms with van der Waals surface area (Å²) in [6.07, 6.45) is 5.49. The number of hydrogen-bond acceptors (Lipinski definition) is 4. The third-order valence-corrected chi connectivity index (χ3v) is 5.36. The van der Waals surface area contributed by atoms with Gasteiger partial charge in [-0.3, -0.25) is 0 Å². The molecule has 2 saturated heterocycles. The predicted octanol–water partition coefficient (Wildman–Crippen LogP) is 0.959. The van der Waals surface area contributed by atoms with Gasteiger partial charge in [-0.15, -0.1) is 0 Å². The highest BCUT2D eigenvalue weighted by atomic mass is 32.2. The molecule has 5 nitrogen and oxygen atoms in total. The highest BCUT2D eigenvalue weighted by molar-refractivity contribution is 7.89. The number of rotatable bonds is 6. The van der Waals surface area contributed by atoms with Crippen LogP contribution in [0, 0.1) is 0 Å². The molecule has 0 bridgehead atoms. The molecule has 0 radical (unpaired) electrons. The van der Waals surface area contributed by atoms with Crippen molar-refractivity contribution in [3.05, 3.63) is 0 Å². The molecule has 2 heterocycles. The van der Waals surface area contributed by atoms with Gasteiger partial charge in [0.15, 0.2) is 0 Å². The molecule has 0 aromatic rings. The molecule has 2 fully saturated rings. The van der Waals surface area contributed by atoms with Gasteiger partial charge in [-0.05, 0) is 45.7 Å². The van der Waals surface area contributed by atoms with Gasteiger partial charge >= 0.3 is 0 Å². The molecule has 0 aromatic carbocycles. The SMILES string of the molecule is C[C@@H](CN1CCCCC1)NS(=O)(=O)C[C@H]1CCCO1. The Hall–Kier alpha value is -0.170. The fraction of sp³-hybridized carbons (Fsp3) is 1.00. The fourth-order valence-corrected chi connectivity index (χ4v) is 4.48. The van der Waals surface area contributed by atoms with Gasteiger partial charge in [0.2, 0.25) is 10.0 Å². The Morgan fingerprint density at radius 2 is 2.00 bits per heavy atom. The lowest BCUT2D eigenvalue weighted by Gasteiger charge is -2.29. The largest absolute Gasteiger partial charge is 0.377 e. The summed E-state index contributed by atoms with van der Waals surface area (Å²) >= 11 is 0. The van der Waals surface area contributed by atoms with Gasteiger partial charge < -0.3 is 9.64 Å². The molecule has 0 unspecified atom stereocenters. The van der Waals surface area contributed by atoms with E-state index < -0.39 is 10.0 Å². The zero-order valence-electron chi connectivity index (χ0n) is 11.8. The van der Waals surface area contributed by atoms with Gasteiger partial charge in [0.05, 0.1) is 11.9 Å². The first-order valence-corrected chi connectivity index (χ1v) is 9.04. The molecule has 0 amide bonds. The minimum absolute atomic E-state index is 0.0236. The van der Waals surface area contributed by atoms with Crippen LogP contribution < -0.4 is 4.72 Å². The lowest BCUT2D eigenvalue weighted by Crippen LogP contribution is -2.45. The lowest BCUT2D eigenvalue weighted by atomic mass is 10.1. The quantitative estimate of drug-likeness (QED) is 0.791. The summed E-state index contributed by atoms with van der Waals surface area (Å²) in [6, 6.07) is -0.0236. The molecule has 112 valence electrons. The predicted molar refractivity (Wildman–Crippen MR) is 75.6 cm³/mol. The van der Waals surface area contributed by atoms with E-state index in [9.17, 15) is 8.42 Å². The van der Waals surface area contributed by atoms with Crippen LogP contribution in [0.15, 0.2) is 0 Å². The van der Waals surface area contributed by atoms with Crippen molar-refractivity contribution in [3.63, 3.8) is 0 Å². The summed E-state index contributed by atoms with van der Waals surface area (Å²) in [5, 5.41) is 0. The van der Waals surface area contributed by atoms with Crippen molar-refractivity contribution in [2.24, 2.45) is 0 Å². The second kappa shape index (κ2) is 7.02. The topological polar surface area (TPSA) is 58.6 Å². The minimum Gasteiger partial charge on any atom is -0.377 e. The van der Waals surface area contributed by atoms with Crippen LogP contribution in [-0.4, -0.2) is 57.5 Å². The number of likely N-dealkylation sites (tertiary alicyclic amines) is 1. The second-order valence-corrected chi connectivity index (χ2v) is 7.60.